The molecule has 0 saturated heterocycles. The SMILES string of the molecule is CCCCCn1nc(C(=O)NNC(=O)C2CCCCCC2)c2ccccc2c1=O. The van der Waals surface area contributed by atoms with Crippen molar-refractivity contribution in [1.82, 2.24) is 20.6 Å². The van der Waals surface area contributed by atoms with Gasteiger partial charge in [0, 0.05) is 17.8 Å². The van der Waals surface area contributed by atoms with Crippen LogP contribution in [0.25, 0.3) is 10.8 Å². The highest BCUT2D eigenvalue weighted by Crippen LogP contribution is 2.22. The number of aromatic nitrogens is 2. The number of aryl methyl sites for hydroxylation is 1. The highest BCUT2D eigenvalue weighted by Gasteiger charge is 2.22. The standard InChI is InChI=1S/C22H30N4O3/c1-2-3-10-15-26-22(29)18-14-9-8-13-17(18)19(25-26)21(28)24-23-20(27)16-11-6-4-5-7-12-16/h8-9,13-14,16H,2-7,10-12,15H2,1H3,(H,23,27)(H,24,28). The van der Waals surface area contributed by atoms with Gasteiger partial charge in [0.1, 0.15) is 0 Å². The number of amides is 2. The molecule has 2 N–H and O–H groups in total. The van der Waals surface area contributed by atoms with Gasteiger partial charge in [-0.05, 0) is 25.3 Å². The Kier molecular flexibility index (Phi) is 7.38. The van der Waals surface area contributed by atoms with Crippen LogP contribution < -0.4 is 16.4 Å². The molecule has 29 heavy (non-hydrogen) atoms. The second kappa shape index (κ2) is 10.2. The average molecular weight is 399 g/mol. The number of carbonyl (C=O) groups excluding carboxylic acids is 2. The molecule has 2 aromatic rings. The van der Waals surface area contributed by atoms with E-state index in [9.17, 15) is 14.4 Å². The Morgan fingerprint density at radius 1 is 1.03 bits per heavy atom. The molecule has 1 aliphatic rings. The Morgan fingerprint density at radius 3 is 2.41 bits per heavy atom. The first-order valence-corrected chi connectivity index (χ1v) is 10.7. The minimum Gasteiger partial charge on any atom is -0.273 e. The van der Waals surface area contributed by atoms with Gasteiger partial charge in [-0.2, -0.15) is 5.10 Å². The van der Waals surface area contributed by atoms with E-state index in [0.717, 1.165) is 57.8 Å². The predicted molar refractivity (Wildman–Crippen MR) is 112 cm³/mol. The molecule has 1 fully saturated rings. The molecule has 1 heterocycles. The molecule has 1 aromatic carbocycles. The van der Waals surface area contributed by atoms with Crippen LogP contribution in [0.5, 0.6) is 0 Å². The van der Waals surface area contributed by atoms with Crippen molar-refractivity contribution in [3.8, 4) is 0 Å². The summed E-state index contributed by atoms with van der Waals surface area (Å²) in [6.45, 7) is 2.55. The molecule has 0 atom stereocenters. The molecule has 0 aliphatic heterocycles. The van der Waals surface area contributed by atoms with Gasteiger partial charge in [0.2, 0.25) is 5.91 Å². The maximum atomic E-state index is 12.8. The number of unbranched alkanes of at least 4 members (excludes halogenated alkanes) is 2. The van der Waals surface area contributed by atoms with Gasteiger partial charge >= 0.3 is 0 Å². The summed E-state index contributed by atoms with van der Waals surface area (Å²) in [4.78, 5) is 37.9. The van der Waals surface area contributed by atoms with Crippen LogP contribution in [-0.4, -0.2) is 21.6 Å². The predicted octanol–water partition coefficient (Wildman–Crippen LogP) is 3.32. The summed E-state index contributed by atoms with van der Waals surface area (Å²) in [6.07, 6.45) is 8.94. The molecule has 0 bridgehead atoms. The lowest BCUT2D eigenvalue weighted by Crippen LogP contribution is -2.45. The average Bonchev–Trinajstić information content (AvgIpc) is 3.03. The molecule has 7 heteroatoms. The van der Waals surface area contributed by atoms with Crippen LogP contribution in [0.15, 0.2) is 29.1 Å². The fourth-order valence-electron chi connectivity index (χ4n) is 3.89. The number of carbonyl (C=O) groups is 2. The molecule has 0 unspecified atom stereocenters. The van der Waals surface area contributed by atoms with Crippen molar-refractivity contribution in [2.75, 3.05) is 0 Å². The monoisotopic (exact) mass is 398 g/mol. The normalized spacial score (nSPS) is 15.1. The number of fused-ring (bicyclic) bond motifs is 1. The van der Waals surface area contributed by atoms with Crippen molar-refractivity contribution in [3.05, 3.63) is 40.3 Å². The van der Waals surface area contributed by atoms with Crippen molar-refractivity contribution in [1.29, 1.82) is 0 Å². The van der Waals surface area contributed by atoms with Crippen LogP contribution in [-0.2, 0) is 11.3 Å². The fourth-order valence-corrected chi connectivity index (χ4v) is 3.89. The molecular weight excluding hydrogens is 368 g/mol. The number of benzene rings is 1. The summed E-state index contributed by atoms with van der Waals surface area (Å²) in [5.41, 5.74) is 5.02. The Bertz CT molecular complexity index is 914. The summed E-state index contributed by atoms with van der Waals surface area (Å²) in [6, 6.07) is 6.96. The molecule has 1 saturated carbocycles. The van der Waals surface area contributed by atoms with E-state index in [0.29, 0.717) is 17.3 Å². The van der Waals surface area contributed by atoms with E-state index in [1.165, 1.54) is 4.68 Å². The van der Waals surface area contributed by atoms with Crippen molar-refractivity contribution in [3.63, 3.8) is 0 Å². The van der Waals surface area contributed by atoms with Crippen molar-refractivity contribution >= 4 is 22.6 Å². The lowest BCUT2D eigenvalue weighted by molar-refractivity contribution is -0.126. The first-order chi connectivity index (χ1) is 14.1. The number of hydrazine groups is 1. The fraction of sp³-hybridized carbons (Fsp3) is 0.545. The molecule has 0 radical (unpaired) electrons. The lowest BCUT2D eigenvalue weighted by atomic mass is 10.00. The zero-order valence-electron chi connectivity index (χ0n) is 17.1. The Hall–Kier alpha value is -2.70. The van der Waals surface area contributed by atoms with Gasteiger partial charge in [-0.3, -0.25) is 25.2 Å². The maximum Gasteiger partial charge on any atom is 0.290 e. The number of nitrogens with zero attached hydrogens (tertiary/aromatic N) is 2. The number of hydrogen-bond acceptors (Lipinski definition) is 4. The van der Waals surface area contributed by atoms with E-state index in [1.807, 2.05) is 0 Å². The Balaban J connectivity index is 1.78. The lowest BCUT2D eigenvalue weighted by Gasteiger charge is -2.15. The molecule has 0 spiro atoms. The zero-order chi connectivity index (χ0) is 20.6. The van der Waals surface area contributed by atoms with Gasteiger partial charge in [0.05, 0.1) is 5.39 Å². The third kappa shape index (κ3) is 5.22. The topological polar surface area (TPSA) is 93.1 Å². The molecular formula is C22H30N4O3. The molecule has 7 nitrogen and oxygen atoms in total. The van der Waals surface area contributed by atoms with E-state index in [2.05, 4.69) is 22.9 Å². The van der Waals surface area contributed by atoms with Crippen LogP contribution >= 0.6 is 0 Å². The molecule has 2 amide bonds. The second-order valence-corrected chi connectivity index (χ2v) is 7.76. The summed E-state index contributed by atoms with van der Waals surface area (Å²) in [5.74, 6) is -0.723. The van der Waals surface area contributed by atoms with Crippen LogP contribution in [0, 0.1) is 5.92 Å². The molecule has 156 valence electrons. The Morgan fingerprint density at radius 2 is 1.72 bits per heavy atom. The Labute approximate surface area is 170 Å². The minimum absolute atomic E-state index is 0.0644. The molecule has 1 aromatic heterocycles. The van der Waals surface area contributed by atoms with Crippen molar-refractivity contribution < 1.29 is 9.59 Å². The van der Waals surface area contributed by atoms with Gasteiger partial charge in [0.25, 0.3) is 11.5 Å². The van der Waals surface area contributed by atoms with Crippen LogP contribution in [0.2, 0.25) is 0 Å². The quantitative estimate of drug-likeness (QED) is 0.443. The summed E-state index contributed by atoms with van der Waals surface area (Å²) in [7, 11) is 0. The number of hydrogen-bond donors (Lipinski definition) is 2. The highest BCUT2D eigenvalue weighted by molar-refractivity contribution is 6.05. The van der Waals surface area contributed by atoms with E-state index in [1.54, 1.807) is 24.3 Å². The summed E-state index contributed by atoms with van der Waals surface area (Å²) in [5, 5.41) is 5.27. The van der Waals surface area contributed by atoms with Crippen LogP contribution in [0.4, 0.5) is 0 Å². The number of nitrogens with one attached hydrogen (secondary N) is 2. The van der Waals surface area contributed by atoms with E-state index < -0.39 is 5.91 Å². The zero-order valence-corrected chi connectivity index (χ0v) is 17.1. The van der Waals surface area contributed by atoms with Gasteiger partial charge in [0.15, 0.2) is 5.69 Å². The van der Waals surface area contributed by atoms with E-state index in [4.69, 9.17) is 0 Å². The molecule has 1 aliphatic carbocycles. The van der Waals surface area contributed by atoms with E-state index in [-0.39, 0.29) is 23.1 Å². The third-order valence-corrected chi connectivity index (χ3v) is 5.58. The first kappa shape index (κ1) is 21.0. The van der Waals surface area contributed by atoms with Crippen molar-refractivity contribution in [2.45, 2.75) is 71.3 Å². The summed E-state index contributed by atoms with van der Waals surface area (Å²) >= 11 is 0. The first-order valence-electron chi connectivity index (χ1n) is 10.7. The van der Waals surface area contributed by atoms with Gasteiger partial charge in [-0.25, -0.2) is 4.68 Å². The maximum absolute atomic E-state index is 12.8. The largest absolute Gasteiger partial charge is 0.290 e. The van der Waals surface area contributed by atoms with Crippen LogP contribution in [0.3, 0.4) is 0 Å². The van der Waals surface area contributed by atoms with Gasteiger partial charge < -0.3 is 0 Å². The highest BCUT2D eigenvalue weighted by atomic mass is 16.2. The molecule has 3 rings (SSSR count). The van der Waals surface area contributed by atoms with Crippen molar-refractivity contribution in [2.24, 2.45) is 5.92 Å². The number of rotatable bonds is 6. The third-order valence-electron chi connectivity index (χ3n) is 5.58. The van der Waals surface area contributed by atoms with Gasteiger partial charge in [-0.1, -0.05) is 63.6 Å². The smallest absolute Gasteiger partial charge is 0.273 e. The summed E-state index contributed by atoms with van der Waals surface area (Å²) < 4.78 is 1.36. The van der Waals surface area contributed by atoms with E-state index >= 15 is 0 Å². The van der Waals surface area contributed by atoms with Gasteiger partial charge in [-0.15, -0.1) is 0 Å². The second-order valence-electron chi connectivity index (χ2n) is 7.76. The minimum atomic E-state index is -0.507. The van der Waals surface area contributed by atoms with Crippen LogP contribution in [0.1, 0.15) is 75.2 Å².